The SMILES string of the molecule is CCCC1CN(CCc2ccsc2)C(CC)(CC)CN1. The van der Waals surface area contributed by atoms with E-state index >= 15 is 0 Å². The van der Waals surface area contributed by atoms with Crippen LogP contribution in [0, 0.1) is 0 Å². The Bertz CT molecular complexity index is 370. The average Bonchev–Trinajstić information content (AvgIpc) is 2.99. The van der Waals surface area contributed by atoms with Crippen LogP contribution in [0.5, 0.6) is 0 Å². The lowest BCUT2D eigenvalue weighted by Crippen LogP contribution is -2.64. The van der Waals surface area contributed by atoms with Crippen molar-refractivity contribution in [3.63, 3.8) is 0 Å². The molecule has 0 aliphatic carbocycles. The van der Waals surface area contributed by atoms with Gasteiger partial charge in [0.05, 0.1) is 0 Å². The van der Waals surface area contributed by atoms with Crippen LogP contribution in [0.15, 0.2) is 16.8 Å². The van der Waals surface area contributed by atoms with Gasteiger partial charge in [0.1, 0.15) is 0 Å². The summed E-state index contributed by atoms with van der Waals surface area (Å²) in [6.07, 6.45) is 6.28. The zero-order valence-electron chi connectivity index (χ0n) is 13.3. The predicted octanol–water partition coefficient (Wildman–Crippen LogP) is 3.92. The zero-order chi connectivity index (χ0) is 14.4. The minimum Gasteiger partial charge on any atom is -0.311 e. The summed E-state index contributed by atoms with van der Waals surface area (Å²) in [5.41, 5.74) is 1.88. The van der Waals surface area contributed by atoms with Gasteiger partial charge in [-0.15, -0.1) is 0 Å². The first-order valence-electron chi connectivity index (χ1n) is 8.23. The first-order valence-corrected chi connectivity index (χ1v) is 9.18. The molecule has 20 heavy (non-hydrogen) atoms. The monoisotopic (exact) mass is 294 g/mol. The van der Waals surface area contributed by atoms with Gasteiger partial charge in [0.15, 0.2) is 0 Å². The summed E-state index contributed by atoms with van der Waals surface area (Å²) in [5.74, 6) is 0. The molecule has 0 amide bonds. The van der Waals surface area contributed by atoms with Gasteiger partial charge in [0, 0.05) is 31.2 Å². The second-order valence-electron chi connectivity index (χ2n) is 6.13. The molecular formula is C17H30N2S. The molecule has 2 nitrogen and oxygen atoms in total. The lowest BCUT2D eigenvalue weighted by atomic mass is 9.86. The highest BCUT2D eigenvalue weighted by molar-refractivity contribution is 7.07. The third-order valence-corrected chi connectivity index (χ3v) is 5.77. The number of nitrogens with zero attached hydrogens (tertiary/aromatic N) is 1. The van der Waals surface area contributed by atoms with Crippen molar-refractivity contribution in [1.82, 2.24) is 10.2 Å². The molecule has 0 spiro atoms. The third kappa shape index (κ3) is 3.63. The van der Waals surface area contributed by atoms with Gasteiger partial charge in [-0.25, -0.2) is 0 Å². The zero-order valence-corrected chi connectivity index (χ0v) is 14.1. The van der Waals surface area contributed by atoms with Crippen molar-refractivity contribution in [1.29, 1.82) is 0 Å². The second-order valence-corrected chi connectivity index (χ2v) is 6.91. The van der Waals surface area contributed by atoms with Crippen LogP contribution in [0.3, 0.4) is 0 Å². The molecular weight excluding hydrogens is 264 g/mol. The molecule has 1 aromatic rings. The molecule has 1 aromatic heterocycles. The van der Waals surface area contributed by atoms with Gasteiger partial charge in [-0.05, 0) is 48.1 Å². The van der Waals surface area contributed by atoms with Crippen LogP contribution < -0.4 is 5.32 Å². The summed E-state index contributed by atoms with van der Waals surface area (Å²) in [6, 6.07) is 2.96. The minimum atomic E-state index is 0.375. The first kappa shape index (κ1) is 16.0. The van der Waals surface area contributed by atoms with E-state index in [1.807, 2.05) is 11.3 Å². The van der Waals surface area contributed by atoms with E-state index in [1.165, 1.54) is 50.8 Å². The van der Waals surface area contributed by atoms with Gasteiger partial charge in [0.25, 0.3) is 0 Å². The summed E-state index contributed by atoms with van der Waals surface area (Å²) in [4.78, 5) is 2.78. The average molecular weight is 295 g/mol. The Balaban J connectivity index is 2.01. The highest BCUT2D eigenvalue weighted by Crippen LogP contribution is 2.28. The quantitative estimate of drug-likeness (QED) is 0.820. The molecule has 0 saturated carbocycles. The van der Waals surface area contributed by atoms with Gasteiger partial charge in [0.2, 0.25) is 0 Å². The molecule has 1 fully saturated rings. The van der Waals surface area contributed by atoms with Crippen LogP contribution in [0.2, 0.25) is 0 Å². The Morgan fingerprint density at radius 2 is 2.15 bits per heavy atom. The Morgan fingerprint density at radius 3 is 2.75 bits per heavy atom. The summed E-state index contributed by atoms with van der Waals surface area (Å²) < 4.78 is 0. The fraction of sp³-hybridized carbons (Fsp3) is 0.765. The van der Waals surface area contributed by atoms with Crippen molar-refractivity contribution in [2.75, 3.05) is 19.6 Å². The third-order valence-electron chi connectivity index (χ3n) is 5.04. The van der Waals surface area contributed by atoms with Crippen LogP contribution in [-0.2, 0) is 6.42 Å². The standard InChI is InChI=1S/C17H30N2S/c1-4-7-16-12-19(10-8-15-9-11-20-13-15)17(5-2,6-3)14-18-16/h9,11,13,16,18H,4-8,10,12,14H2,1-3H3. The van der Waals surface area contributed by atoms with E-state index in [9.17, 15) is 0 Å². The highest BCUT2D eigenvalue weighted by Gasteiger charge is 2.38. The van der Waals surface area contributed by atoms with Gasteiger partial charge < -0.3 is 5.32 Å². The van der Waals surface area contributed by atoms with Crippen molar-refractivity contribution in [2.45, 2.75) is 64.5 Å². The van der Waals surface area contributed by atoms with Crippen LogP contribution in [0.25, 0.3) is 0 Å². The first-order chi connectivity index (χ1) is 9.74. The van der Waals surface area contributed by atoms with Crippen LogP contribution in [0.1, 0.15) is 52.0 Å². The van der Waals surface area contributed by atoms with E-state index in [4.69, 9.17) is 0 Å². The van der Waals surface area contributed by atoms with E-state index in [0.29, 0.717) is 11.6 Å². The van der Waals surface area contributed by atoms with E-state index < -0.39 is 0 Å². The topological polar surface area (TPSA) is 15.3 Å². The molecule has 2 heterocycles. The molecule has 1 saturated heterocycles. The fourth-order valence-electron chi connectivity index (χ4n) is 3.49. The van der Waals surface area contributed by atoms with Crippen molar-refractivity contribution in [3.05, 3.63) is 22.4 Å². The molecule has 3 heteroatoms. The number of rotatable bonds is 7. The van der Waals surface area contributed by atoms with Gasteiger partial charge >= 0.3 is 0 Å². The smallest absolute Gasteiger partial charge is 0.0329 e. The molecule has 1 N–H and O–H groups in total. The minimum absolute atomic E-state index is 0.375. The molecule has 0 bridgehead atoms. The predicted molar refractivity (Wildman–Crippen MR) is 89.6 cm³/mol. The summed E-state index contributed by atoms with van der Waals surface area (Å²) in [5, 5.41) is 8.29. The molecule has 1 aliphatic heterocycles. The molecule has 0 aromatic carbocycles. The number of thiophene rings is 1. The van der Waals surface area contributed by atoms with Gasteiger partial charge in [-0.3, -0.25) is 4.90 Å². The second kappa shape index (κ2) is 7.58. The summed E-state index contributed by atoms with van der Waals surface area (Å²) in [6.45, 7) is 10.6. The Labute approximate surface area is 128 Å². The van der Waals surface area contributed by atoms with E-state index in [-0.39, 0.29) is 0 Å². The summed E-state index contributed by atoms with van der Waals surface area (Å²) in [7, 11) is 0. The van der Waals surface area contributed by atoms with E-state index in [2.05, 4.69) is 47.8 Å². The molecule has 1 unspecified atom stereocenters. The maximum atomic E-state index is 3.80. The lowest BCUT2D eigenvalue weighted by molar-refractivity contribution is 0.0308. The fourth-order valence-corrected chi connectivity index (χ4v) is 4.19. The van der Waals surface area contributed by atoms with Crippen LogP contribution >= 0.6 is 11.3 Å². The van der Waals surface area contributed by atoms with Crippen LogP contribution in [-0.4, -0.2) is 36.1 Å². The number of piperazine rings is 1. The lowest BCUT2D eigenvalue weighted by Gasteiger charge is -2.50. The van der Waals surface area contributed by atoms with Gasteiger partial charge in [-0.1, -0.05) is 27.2 Å². The van der Waals surface area contributed by atoms with Crippen molar-refractivity contribution in [3.8, 4) is 0 Å². The van der Waals surface area contributed by atoms with E-state index in [1.54, 1.807) is 0 Å². The molecule has 0 radical (unpaired) electrons. The Kier molecular flexibility index (Phi) is 6.06. The largest absolute Gasteiger partial charge is 0.311 e. The van der Waals surface area contributed by atoms with E-state index in [0.717, 1.165) is 6.54 Å². The maximum Gasteiger partial charge on any atom is 0.0329 e. The van der Waals surface area contributed by atoms with Gasteiger partial charge in [-0.2, -0.15) is 11.3 Å². The normalized spacial score (nSPS) is 23.1. The van der Waals surface area contributed by atoms with Crippen molar-refractivity contribution < 1.29 is 0 Å². The van der Waals surface area contributed by atoms with Crippen molar-refractivity contribution >= 4 is 11.3 Å². The molecule has 1 aliphatic rings. The Morgan fingerprint density at radius 1 is 1.35 bits per heavy atom. The van der Waals surface area contributed by atoms with Crippen molar-refractivity contribution in [2.24, 2.45) is 0 Å². The number of nitrogens with one attached hydrogen (secondary N) is 1. The summed E-state index contributed by atoms with van der Waals surface area (Å²) >= 11 is 1.82. The molecule has 1 atom stereocenters. The molecule has 114 valence electrons. The highest BCUT2D eigenvalue weighted by atomic mass is 32.1. The molecule has 2 rings (SSSR count). The Hall–Kier alpha value is -0.380. The number of hydrogen-bond donors (Lipinski definition) is 1. The maximum absolute atomic E-state index is 3.80. The number of hydrogen-bond acceptors (Lipinski definition) is 3. The van der Waals surface area contributed by atoms with Crippen LogP contribution in [0.4, 0.5) is 0 Å².